The summed E-state index contributed by atoms with van der Waals surface area (Å²) in [4.78, 5) is 0. The molecule has 1 aromatic rings. The molecule has 0 aliphatic heterocycles. The van der Waals surface area contributed by atoms with Crippen molar-refractivity contribution in [2.75, 3.05) is 6.54 Å². The van der Waals surface area contributed by atoms with Gasteiger partial charge in [0.05, 0.1) is 5.60 Å². The Kier molecular flexibility index (Phi) is 4.98. The maximum Gasteiger partial charge on any atom is 0.124 e. The summed E-state index contributed by atoms with van der Waals surface area (Å²) in [6, 6.07) is 5.20. The Balaban J connectivity index is 1.99. The molecular weight excluding hydrogens is 309 g/mol. The molecule has 4 heteroatoms. The molecule has 0 atom stereocenters. The number of benzene rings is 1. The van der Waals surface area contributed by atoms with Crippen LogP contribution in [-0.4, -0.2) is 23.3 Å². The second-order valence-electron chi connectivity index (χ2n) is 5.47. The Morgan fingerprint density at radius 2 is 2.11 bits per heavy atom. The van der Waals surface area contributed by atoms with E-state index in [1.165, 1.54) is 12.1 Å². The summed E-state index contributed by atoms with van der Waals surface area (Å²) in [5.41, 5.74) is 0.331. The van der Waals surface area contributed by atoms with Crippen LogP contribution in [-0.2, 0) is 6.42 Å². The highest BCUT2D eigenvalue weighted by Gasteiger charge is 2.33. The number of hydrogen-bond acceptors (Lipinski definition) is 2. The summed E-state index contributed by atoms with van der Waals surface area (Å²) in [7, 11) is 0. The normalized spacial score (nSPS) is 27.5. The Morgan fingerprint density at radius 1 is 1.42 bits per heavy atom. The van der Waals surface area contributed by atoms with Gasteiger partial charge in [0.15, 0.2) is 0 Å². The lowest BCUT2D eigenvalue weighted by Crippen LogP contribution is -2.42. The molecule has 0 bridgehead atoms. The van der Waals surface area contributed by atoms with E-state index in [-0.39, 0.29) is 5.82 Å². The van der Waals surface area contributed by atoms with Crippen molar-refractivity contribution in [3.63, 3.8) is 0 Å². The zero-order valence-corrected chi connectivity index (χ0v) is 12.8. The molecule has 19 heavy (non-hydrogen) atoms. The topological polar surface area (TPSA) is 32.3 Å². The van der Waals surface area contributed by atoms with Gasteiger partial charge in [0.25, 0.3) is 0 Å². The van der Waals surface area contributed by atoms with Gasteiger partial charge in [-0.15, -0.1) is 0 Å². The molecule has 1 aromatic carbocycles. The molecule has 0 spiro atoms. The van der Waals surface area contributed by atoms with Gasteiger partial charge in [-0.1, -0.05) is 28.9 Å². The number of hydrogen-bond donors (Lipinski definition) is 2. The third kappa shape index (κ3) is 4.01. The fraction of sp³-hybridized carbons (Fsp3) is 0.600. The van der Waals surface area contributed by atoms with Crippen LogP contribution in [0.2, 0.25) is 0 Å². The van der Waals surface area contributed by atoms with Crippen molar-refractivity contribution >= 4 is 15.9 Å². The minimum Gasteiger partial charge on any atom is -0.390 e. The van der Waals surface area contributed by atoms with Gasteiger partial charge in [-0.25, -0.2) is 4.39 Å². The number of aliphatic hydroxyl groups is 1. The molecule has 0 amide bonds. The van der Waals surface area contributed by atoms with Crippen LogP contribution in [0.5, 0.6) is 0 Å². The molecule has 0 heterocycles. The average molecular weight is 330 g/mol. The highest BCUT2D eigenvalue weighted by molar-refractivity contribution is 9.10. The Labute approximate surface area is 122 Å². The molecule has 0 unspecified atom stereocenters. The monoisotopic (exact) mass is 329 g/mol. The zero-order valence-electron chi connectivity index (χ0n) is 11.3. The van der Waals surface area contributed by atoms with Gasteiger partial charge in [-0.05, 0) is 49.9 Å². The lowest BCUT2D eigenvalue weighted by Gasteiger charge is -2.36. The van der Waals surface area contributed by atoms with E-state index in [0.29, 0.717) is 12.5 Å². The van der Waals surface area contributed by atoms with E-state index in [9.17, 15) is 9.50 Å². The van der Waals surface area contributed by atoms with Crippen molar-refractivity contribution in [3.8, 4) is 0 Å². The molecule has 0 saturated heterocycles. The molecule has 1 fully saturated rings. The summed E-state index contributed by atoms with van der Waals surface area (Å²) in [6.45, 7) is 3.09. The van der Waals surface area contributed by atoms with Crippen LogP contribution in [0.4, 0.5) is 4.39 Å². The van der Waals surface area contributed by atoms with Crippen molar-refractivity contribution in [3.05, 3.63) is 34.1 Å². The fourth-order valence-corrected chi connectivity index (χ4v) is 3.34. The smallest absolute Gasteiger partial charge is 0.124 e. The second kappa shape index (κ2) is 6.33. The van der Waals surface area contributed by atoms with E-state index in [0.717, 1.165) is 42.3 Å². The first-order chi connectivity index (χ1) is 9.02. The largest absolute Gasteiger partial charge is 0.390 e. The van der Waals surface area contributed by atoms with Crippen molar-refractivity contribution < 1.29 is 9.50 Å². The van der Waals surface area contributed by atoms with E-state index in [1.807, 2.05) is 0 Å². The fourth-order valence-electron chi connectivity index (χ4n) is 2.84. The lowest BCUT2D eigenvalue weighted by molar-refractivity contribution is -0.00309. The molecule has 2 nitrogen and oxygen atoms in total. The molecule has 2 rings (SSSR count). The number of halogens is 2. The minimum atomic E-state index is -0.647. The number of nitrogens with one attached hydrogen (secondary N) is 1. The van der Waals surface area contributed by atoms with E-state index in [2.05, 4.69) is 28.2 Å². The van der Waals surface area contributed by atoms with Crippen LogP contribution in [0, 0.1) is 5.82 Å². The molecule has 0 radical (unpaired) electrons. The molecule has 106 valence electrons. The Morgan fingerprint density at radius 3 is 2.68 bits per heavy atom. The third-order valence-corrected chi connectivity index (χ3v) is 4.68. The minimum absolute atomic E-state index is 0.251. The zero-order chi connectivity index (χ0) is 13.9. The predicted octanol–water partition coefficient (Wildman–Crippen LogP) is 3.41. The summed E-state index contributed by atoms with van der Waals surface area (Å²) >= 11 is 3.37. The van der Waals surface area contributed by atoms with Gasteiger partial charge < -0.3 is 10.4 Å². The first-order valence-electron chi connectivity index (χ1n) is 6.92. The second-order valence-corrected chi connectivity index (χ2v) is 6.32. The van der Waals surface area contributed by atoms with Gasteiger partial charge in [-0.3, -0.25) is 0 Å². The first kappa shape index (κ1) is 14.9. The average Bonchev–Trinajstić information content (AvgIpc) is 2.36. The first-order valence-corrected chi connectivity index (χ1v) is 7.71. The van der Waals surface area contributed by atoms with Crippen LogP contribution < -0.4 is 5.32 Å². The van der Waals surface area contributed by atoms with E-state index in [1.54, 1.807) is 6.07 Å². The number of rotatable bonds is 4. The quantitative estimate of drug-likeness (QED) is 0.887. The standard InChI is InChI=1S/C15H21BrFNO/c1-2-18-13-5-7-15(19,8-6-13)10-11-3-4-12(17)9-14(11)16/h3-4,9,13,18-19H,2,5-8,10H2,1H3. The SMILES string of the molecule is CCNC1CCC(O)(Cc2ccc(F)cc2Br)CC1. The summed E-state index contributed by atoms with van der Waals surface area (Å²) in [5, 5.41) is 14.1. The van der Waals surface area contributed by atoms with Gasteiger partial charge in [0.1, 0.15) is 5.82 Å². The van der Waals surface area contributed by atoms with Crippen LogP contribution >= 0.6 is 15.9 Å². The Hall–Kier alpha value is -0.450. The third-order valence-electron chi connectivity index (χ3n) is 3.94. The van der Waals surface area contributed by atoms with E-state index < -0.39 is 5.60 Å². The Bertz CT molecular complexity index is 430. The maximum atomic E-state index is 13.1. The summed E-state index contributed by atoms with van der Waals surface area (Å²) in [6.07, 6.45) is 4.20. The van der Waals surface area contributed by atoms with E-state index in [4.69, 9.17) is 0 Å². The van der Waals surface area contributed by atoms with Crippen molar-refractivity contribution in [1.29, 1.82) is 0 Å². The lowest BCUT2D eigenvalue weighted by atomic mass is 9.78. The highest BCUT2D eigenvalue weighted by Crippen LogP contribution is 2.33. The van der Waals surface area contributed by atoms with Gasteiger partial charge in [-0.2, -0.15) is 0 Å². The molecular formula is C15H21BrFNO. The van der Waals surface area contributed by atoms with Crippen LogP contribution in [0.1, 0.15) is 38.2 Å². The maximum absolute atomic E-state index is 13.1. The van der Waals surface area contributed by atoms with Gasteiger partial charge >= 0.3 is 0 Å². The van der Waals surface area contributed by atoms with Crippen molar-refractivity contribution in [2.45, 2.75) is 50.7 Å². The summed E-state index contributed by atoms with van der Waals surface area (Å²) in [5.74, 6) is -0.251. The van der Waals surface area contributed by atoms with Crippen LogP contribution in [0.15, 0.2) is 22.7 Å². The van der Waals surface area contributed by atoms with Crippen LogP contribution in [0.3, 0.4) is 0 Å². The van der Waals surface area contributed by atoms with Crippen molar-refractivity contribution in [1.82, 2.24) is 5.32 Å². The molecule has 1 aliphatic rings. The van der Waals surface area contributed by atoms with Crippen molar-refractivity contribution in [2.24, 2.45) is 0 Å². The molecule has 1 aliphatic carbocycles. The molecule has 0 aromatic heterocycles. The molecule has 2 N–H and O–H groups in total. The van der Waals surface area contributed by atoms with Gasteiger partial charge in [0, 0.05) is 16.9 Å². The summed E-state index contributed by atoms with van der Waals surface area (Å²) < 4.78 is 13.8. The molecule has 1 saturated carbocycles. The van der Waals surface area contributed by atoms with E-state index >= 15 is 0 Å². The van der Waals surface area contributed by atoms with Gasteiger partial charge in [0.2, 0.25) is 0 Å². The van der Waals surface area contributed by atoms with Crippen LogP contribution in [0.25, 0.3) is 0 Å². The predicted molar refractivity (Wildman–Crippen MR) is 78.7 cm³/mol. The highest BCUT2D eigenvalue weighted by atomic mass is 79.9.